The molecule has 0 N–H and O–H groups in total. The highest BCUT2D eigenvalue weighted by Crippen LogP contribution is 2.45. The Morgan fingerprint density at radius 1 is 1.36 bits per heavy atom. The second kappa shape index (κ2) is 6.77. The number of rotatable bonds is 4. The standard InChI is InChI=1S/C19H16FN3OS/c1-12(15-5-3-4-6-16(15)20)9-17-23-18(24)19(2,25-17)13-7-8-22-14(10-13)11-21/h3-8,10,12H,9H2,1-2H3/t12-,19?/m1/s1. The monoisotopic (exact) mass is 353 g/mol. The van der Waals surface area contributed by atoms with Crippen molar-refractivity contribution in [2.24, 2.45) is 4.99 Å². The van der Waals surface area contributed by atoms with Crippen molar-refractivity contribution in [3.63, 3.8) is 0 Å². The van der Waals surface area contributed by atoms with Crippen LogP contribution in [0.25, 0.3) is 0 Å². The van der Waals surface area contributed by atoms with Gasteiger partial charge in [-0.3, -0.25) is 4.79 Å². The molecule has 0 radical (unpaired) electrons. The molecule has 1 aromatic heterocycles. The number of thioether (sulfide) groups is 1. The first kappa shape index (κ1) is 17.3. The molecular formula is C19H16FN3OS. The zero-order chi connectivity index (χ0) is 18.0. The third-order valence-corrected chi connectivity index (χ3v) is 5.61. The summed E-state index contributed by atoms with van der Waals surface area (Å²) in [5.41, 5.74) is 1.58. The van der Waals surface area contributed by atoms with E-state index >= 15 is 0 Å². The summed E-state index contributed by atoms with van der Waals surface area (Å²) in [4.78, 5) is 20.6. The molecule has 1 unspecified atom stereocenters. The van der Waals surface area contributed by atoms with Gasteiger partial charge in [0.25, 0.3) is 5.91 Å². The predicted molar refractivity (Wildman–Crippen MR) is 95.8 cm³/mol. The number of nitriles is 1. The molecule has 1 amide bonds. The summed E-state index contributed by atoms with van der Waals surface area (Å²) in [6.07, 6.45) is 2.01. The number of aromatic nitrogens is 1. The number of hydrogen-bond acceptors (Lipinski definition) is 4. The second-order valence-electron chi connectivity index (χ2n) is 6.11. The second-order valence-corrected chi connectivity index (χ2v) is 7.61. The molecule has 0 bridgehead atoms. The first-order valence-corrected chi connectivity index (χ1v) is 8.68. The summed E-state index contributed by atoms with van der Waals surface area (Å²) in [6, 6.07) is 12.0. The van der Waals surface area contributed by atoms with Gasteiger partial charge in [0.15, 0.2) is 0 Å². The van der Waals surface area contributed by atoms with Gasteiger partial charge in [-0.05, 0) is 42.2 Å². The van der Waals surface area contributed by atoms with E-state index in [1.54, 1.807) is 37.3 Å². The van der Waals surface area contributed by atoms with Gasteiger partial charge in [0, 0.05) is 12.6 Å². The summed E-state index contributed by atoms with van der Waals surface area (Å²) < 4.78 is 13.1. The molecule has 3 rings (SSSR count). The molecule has 0 saturated heterocycles. The van der Waals surface area contributed by atoms with Gasteiger partial charge in [-0.25, -0.2) is 14.4 Å². The molecule has 0 saturated carbocycles. The molecule has 126 valence electrons. The predicted octanol–water partition coefficient (Wildman–Crippen LogP) is 4.17. The van der Waals surface area contributed by atoms with E-state index in [0.717, 1.165) is 0 Å². The van der Waals surface area contributed by atoms with Crippen molar-refractivity contribution in [3.8, 4) is 6.07 Å². The lowest BCUT2D eigenvalue weighted by atomic mass is 9.97. The maximum absolute atomic E-state index is 13.9. The van der Waals surface area contributed by atoms with Crippen molar-refractivity contribution in [1.82, 2.24) is 4.98 Å². The minimum atomic E-state index is -0.876. The quantitative estimate of drug-likeness (QED) is 0.827. The zero-order valence-corrected chi connectivity index (χ0v) is 14.7. The van der Waals surface area contributed by atoms with Crippen molar-refractivity contribution < 1.29 is 9.18 Å². The van der Waals surface area contributed by atoms with E-state index in [0.29, 0.717) is 22.6 Å². The van der Waals surface area contributed by atoms with Crippen LogP contribution in [0.1, 0.15) is 43.0 Å². The number of nitrogens with zero attached hydrogens (tertiary/aromatic N) is 3. The van der Waals surface area contributed by atoms with Gasteiger partial charge < -0.3 is 0 Å². The van der Waals surface area contributed by atoms with Crippen LogP contribution < -0.4 is 0 Å². The molecule has 1 aliphatic heterocycles. The van der Waals surface area contributed by atoms with Crippen molar-refractivity contribution in [1.29, 1.82) is 5.26 Å². The fraction of sp³-hybridized carbons (Fsp3) is 0.263. The van der Waals surface area contributed by atoms with Gasteiger partial charge in [0.2, 0.25) is 0 Å². The van der Waals surface area contributed by atoms with Crippen LogP contribution in [0.2, 0.25) is 0 Å². The molecule has 25 heavy (non-hydrogen) atoms. The van der Waals surface area contributed by atoms with Crippen molar-refractivity contribution in [3.05, 3.63) is 65.2 Å². The van der Waals surface area contributed by atoms with Crippen LogP contribution in [-0.2, 0) is 9.54 Å². The largest absolute Gasteiger partial charge is 0.271 e. The summed E-state index contributed by atoms with van der Waals surface area (Å²) in [6.45, 7) is 3.71. The number of carbonyl (C=O) groups excluding carboxylic acids is 1. The van der Waals surface area contributed by atoms with E-state index in [2.05, 4.69) is 9.98 Å². The summed E-state index contributed by atoms with van der Waals surface area (Å²) in [5, 5.41) is 9.69. The molecule has 1 aromatic carbocycles. The molecular weight excluding hydrogens is 337 g/mol. The maximum Gasteiger partial charge on any atom is 0.267 e. The van der Waals surface area contributed by atoms with Gasteiger partial charge in [-0.15, -0.1) is 0 Å². The number of hydrogen-bond donors (Lipinski definition) is 0. The lowest BCUT2D eigenvalue weighted by Crippen LogP contribution is -2.24. The van der Waals surface area contributed by atoms with Crippen molar-refractivity contribution >= 4 is 22.7 Å². The van der Waals surface area contributed by atoms with Crippen LogP contribution in [0.4, 0.5) is 4.39 Å². The maximum atomic E-state index is 13.9. The smallest absolute Gasteiger partial charge is 0.267 e. The van der Waals surface area contributed by atoms with Crippen LogP contribution in [-0.4, -0.2) is 15.9 Å². The number of carbonyl (C=O) groups is 1. The van der Waals surface area contributed by atoms with Gasteiger partial charge in [-0.1, -0.05) is 36.9 Å². The minimum absolute atomic E-state index is 0.0882. The number of amides is 1. The molecule has 0 fully saturated rings. The van der Waals surface area contributed by atoms with Gasteiger partial charge in [0.05, 0.1) is 5.04 Å². The van der Waals surface area contributed by atoms with Crippen LogP contribution in [0.15, 0.2) is 47.6 Å². The SMILES string of the molecule is C[C@H](CC1=NC(=O)C(C)(c2ccnc(C#N)c2)S1)c1ccccc1F. The Bertz CT molecular complexity index is 906. The van der Waals surface area contributed by atoms with Crippen LogP contribution in [0, 0.1) is 17.1 Å². The number of benzene rings is 1. The van der Waals surface area contributed by atoms with E-state index < -0.39 is 4.75 Å². The Kier molecular flexibility index (Phi) is 4.69. The zero-order valence-electron chi connectivity index (χ0n) is 13.9. The van der Waals surface area contributed by atoms with Gasteiger partial charge >= 0.3 is 0 Å². The van der Waals surface area contributed by atoms with Crippen LogP contribution >= 0.6 is 11.8 Å². The van der Waals surface area contributed by atoms with E-state index in [1.165, 1.54) is 24.0 Å². The third kappa shape index (κ3) is 3.33. The molecule has 1 aliphatic rings. The molecule has 4 nitrogen and oxygen atoms in total. The van der Waals surface area contributed by atoms with E-state index in [9.17, 15) is 9.18 Å². The summed E-state index contributed by atoms with van der Waals surface area (Å²) in [5.74, 6) is -0.599. The molecule has 2 aromatic rings. The number of pyridine rings is 1. The van der Waals surface area contributed by atoms with Gasteiger partial charge in [-0.2, -0.15) is 5.26 Å². The van der Waals surface area contributed by atoms with Crippen LogP contribution in [0.3, 0.4) is 0 Å². The molecule has 0 aliphatic carbocycles. The Morgan fingerprint density at radius 3 is 2.84 bits per heavy atom. The first-order valence-electron chi connectivity index (χ1n) is 7.86. The van der Waals surface area contributed by atoms with Crippen LogP contribution in [0.5, 0.6) is 0 Å². The highest BCUT2D eigenvalue weighted by atomic mass is 32.2. The third-order valence-electron chi connectivity index (χ3n) is 4.30. The number of aliphatic imine (C=N–C) groups is 1. The Balaban J connectivity index is 1.81. The van der Waals surface area contributed by atoms with Gasteiger partial charge in [0.1, 0.15) is 22.3 Å². The lowest BCUT2D eigenvalue weighted by Gasteiger charge is -2.21. The minimum Gasteiger partial charge on any atom is -0.271 e. The highest BCUT2D eigenvalue weighted by molar-refractivity contribution is 8.15. The van der Waals surface area contributed by atoms with E-state index in [1.807, 2.05) is 13.0 Å². The van der Waals surface area contributed by atoms with E-state index in [-0.39, 0.29) is 23.3 Å². The fourth-order valence-electron chi connectivity index (χ4n) is 2.83. The lowest BCUT2D eigenvalue weighted by molar-refractivity contribution is -0.119. The Labute approximate surface area is 149 Å². The Hall–Kier alpha value is -2.52. The molecule has 2 heterocycles. The Morgan fingerprint density at radius 2 is 2.12 bits per heavy atom. The van der Waals surface area contributed by atoms with Crippen molar-refractivity contribution in [2.75, 3.05) is 0 Å². The van der Waals surface area contributed by atoms with Crippen molar-refractivity contribution in [2.45, 2.75) is 30.9 Å². The molecule has 6 heteroatoms. The molecule has 2 atom stereocenters. The average molecular weight is 353 g/mol. The summed E-state index contributed by atoms with van der Waals surface area (Å²) >= 11 is 1.36. The average Bonchev–Trinajstić information content (AvgIpc) is 2.90. The summed E-state index contributed by atoms with van der Waals surface area (Å²) in [7, 11) is 0. The molecule has 0 spiro atoms. The first-order chi connectivity index (χ1) is 11.9. The normalized spacial score (nSPS) is 20.9. The van der Waals surface area contributed by atoms with E-state index in [4.69, 9.17) is 5.26 Å². The fourth-order valence-corrected chi connectivity index (χ4v) is 4.14. The topological polar surface area (TPSA) is 66.1 Å². The number of halogens is 1. The highest BCUT2D eigenvalue weighted by Gasteiger charge is 2.43.